The number of benzene rings is 1. The van der Waals surface area contributed by atoms with Crippen LogP contribution in [0.15, 0.2) is 18.2 Å². The van der Waals surface area contributed by atoms with E-state index in [1.807, 2.05) is 0 Å². The van der Waals surface area contributed by atoms with Gasteiger partial charge in [0.2, 0.25) is 0 Å². The van der Waals surface area contributed by atoms with E-state index in [0.29, 0.717) is 29.4 Å². The highest BCUT2D eigenvalue weighted by molar-refractivity contribution is 6.32. The Morgan fingerprint density at radius 2 is 2.37 bits per heavy atom. The van der Waals surface area contributed by atoms with Crippen LogP contribution in [-0.2, 0) is 9.53 Å². The predicted octanol–water partition coefficient (Wildman–Crippen LogP) is 1.79. The molecule has 5 nitrogen and oxygen atoms in total. The molecule has 19 heavy (non-hydrogen) atoms. The Hall–Kier alpha value is -1.30. The van der Waals surface area contributed by atoms with Crippen molar-refractivity contribution in [2.24, 2.45) is 5.73 Å². The van der Waals surface area contributed by atoms with Gasteiger partial charge in [0.05, 0.1) is 18.2 Å². The van der Waals surface area contributed by atoms with E-state index in [4.69, 9.17) is 26.8 Å². The first-order chi connectivity index (χ1) is 9.13. The predicted molar refractivity (Wildman–Crippen MR) is 73.6 cm³/mol. The van der Waals surface area contributed by atoms with Crippen molar-refractivity contribution in [1.29, 1.82) is 0 Å². The van der Waals surface area contributed by atoms with Crippen molar-refractivity contribution in [3.63, 3.8) is 0 Å². The lowest BCUT2D eigenvalue weighted by molar-refractivity contribution is -0.126. The third kappa shape index (κ3) is 3.37. The molecule has 1 fully saturated rings. The van der Waals surface area contributed by atoms with Crippen molar-refractivity contribution in [3.8, 4) is 5.75 Å². The van der Waals surface area contributed by atoms with Crippen LogP contribution in [0.4, 0.5) is 5.69 Å². The summed E-state index contributed by atoms with van der Waals surface area (Å²) in [6, 6.07) is 5.09. The lowest BCUT2D eigenvalue weighted by Gasteiger charge is -2.13. The molecule has 1 aromatic rings. The van der Waals surface area contributed by atoms with Crippen LogP contribution >= 0.6 is 11.6 Å². The van der Waals surface area contributed by atoms with Gasteiger partial charge in [0.25, 0.3) is 5.91 Å². The molecule has 1 saturated heterocycles. The number of rotatable bonds is 4. The second kappa shape index (κ2) is 6.23. The molecule has 2 unspecified atom stereocenters. The molecule has 3 N–H and O–H groups in total. The van der Waals surface area contributed by atoms with Gasteiger partial charge in [-0.15, -0.1) is 0 Å². The number of halogens is 1. The smallest absolute Gasteiger partial charge is 0.253 e. The fourth-order valence-electron chi connectivity index (χ4n) is 2.04. The Morgan fingerprint density at radius 1 is 1.58 bits per heavy atom. The zero-order chi connectivity index (χ0) is 13.8. The second-order valence-electron chi connectivity index (χ2n) is 4.40. The molecule has 0 saturated carbocycles. The van der Waals surface area contributed by atoms with E-state index in [1.165, 1.54) is 0 Å². The monoisotopic (exact) mass is 284 g/mol. The summed E-state index contributed by atoms with van der Waals surface area (Å²) in [5, 5.41) is 3.23. The van der Waals surface area contributed by atoms with Gasteiger partial charge < -0.3 is 20.5 Å². The molecule has 1 aliphatic rings. The van der Waals surface area contributed by atoms with Gasteiger partial charge in [0, 0.05) is 12.2 Å². The van der Waals surface area contributed by atoms with Crippen LogP contribution in [0.1, 0.15) is 12.8 Å². The van der Waals surface area contributed by atoms with Crippen LogP contribution < -0.4 is 15.8 Å². The van der Waals surface area contributed by atoms with E-state index in [9.17, 15) is 4.79 Å². The molecule has 104 valence electrons. The first-order valence-electron chi connectivity index (χ1n) is 6.14. The maximum Gasteiger partial charge on any atom is 0.253 e. The van der Waals surface area contributed by atoms with Crippen molar-refractivity contribution in [2.45, 2.75) is 25.0 Å². The summed E-state index contributed by atoms with van der Waals surface area (Å²) in [5.74, 6) is 0.400. The van der Waals surface area contributed by atoms with Crippen molar-refractivity contribution >= 4 is 23.2 Å². The summed E-state index contributed by atoms with van der Waals surface area (Å²) in [7, 11) is 1.54. The number of methoxy groups -OCH3 is 1. The molecule has 1 heterocycles. The molecule has 1 amide bonds. The van der Waals surface area contributed by atoms with Crippen molar-refractivity contribution in [2.75, 3.05) is 19.0 Å². The maximum absolute atomic E-state index is 12.0. The van der Waals surface area contributed by atoms with Gasteiger partial charge in [0.1, 0.15) is 11.9 Å². The highest BCUT2D eigenvalue weighted by Crippen LogP contribution is 2.28. The topological polar surface area (TPSA) is 73.6 Å². The molecule has 6 heteroatoms. The highest BCUT2D eigenvalue weighted by Gasteiger charge is 2.29. The SMILES string of the molecule is COc1ccc(NC(=O)C2CCC(CN)O2)cc1Cl. The van der Waals surface area contributed by atoms with Gasteiger partial charge in [-0.2, -0.15) is 0 Å². The standard InChI is InChI=1S/C13H17ClN2O3/c1-18-11-4-2-8(6-10(11)14)16-13(17)12-5-3-9(7-15)19-12/h2,4,6,9,12H,3,5,7,15H2,1H3,(H,16,17). The molecule has 1 aliphatic heterocycles. The number of anilines is 1. The first kappa shape index (κ1) is 14.1. The van der Waals surface area contributed by atoms with Crippen LogP contribution in [0, 0.1) is 0 Å². The van der Waals surface area contributed by atoms with E-state index in [0.717, 1.165) is 6.42 Å². The molecular weight excluding hydrogens is 268 g/mol. The van der Waals surface area contributed by atoms with E-state index in [2.05, 4.69) is 5.32 Å². The summed E-state index contributed by atoms with van der Waals surface area (Å²) in [6.45, 7) is 0.443. The number of nitrogens with two attached hydrogens (primary N) is 1. The summed E-state index contributed by atoms with van der Waals surface area (Å²) in [4.78, 5) is 12.0. The fraction of sp³-hybridized carbons (Fsp3) is 0.462. The summed E-state index contributed by atoms with van der Waals surface area (Å²) in [6.07, 6.45) is 1.06. The van der Waals surface area contributed by atoms with Crippen LogP contribution in [0.3, 0.4) is 0 Å². The number of nitrogens with one attached hydrogen (secondary N) is 1. The molecule has 0 radical (unpaired) electrons. The fourth-order valence-corrected chi connectivity index (χ4v) is 2.30. The van der Waals surface area contributed by atoms with Crippen LogP contribution in [0.5, 0.6) is 5.75 Å². The molecule has 0 aromatic heterocycles. The molecule has 0 spiro atoms. The van der Waals surface area contributed by atoms with Crippen LogP contribution in [0.2, 0.25) is 5.02 Å². The summed E-state index contributed by atoms with van der Waals surface area (Å²) in [5.41, 5.74) is 6.13. The minimum Gasteiger partial charge on any atom is -0.495 e. The number of hydrogen-bond donors (Lipinski definition) is 2. The van der Waals surface area contributed by atoms with Crippen LogP contribution in [0.25, 0.3) is 0 Å². The zero-order valence-corrected chi connectivity index (χ0v) is 11.4. The number of hydrogen-bond acceptors (Lipinski definition) is 4. The van der Waals surface area contributed by atoms with Gasteiger partial charge >= 0.3 is 0 Å². The third-order valence-corrected chi connectivity index (χ3v) is 3.38. The normalized spacial score (nSPS) is 22.3. The Bertz CT molecular complexity index is 467. The van der Waals surface area contributed by atoms with Crippen molar-refractivity contribution < 1.29 is 14.3 Å². The maximum atomic E-state index is 12.0. The summed E-state index contributed by atoms with van der Waals surface area (Å²) < 4.78 is 10.6. The zero-order valence-electron chi connectivity index (χ0n) is 10.7. The molecular formula is C13H17ClN2O3. The van der Waals surface area contributed by atoms with Crippen molar-refractivity contribution in [3.05, 3.63) is 23.2 Å². The lowest BCUT2D eigenvalue weighted by Crippen LogP contribution is -2.29. The quantitative estimate of drug-likeness (QED) is 0.884. The van der Waals surface area contributed by atoms with E-state index in [-0.39, 0.29) is 12.0 Å². The lowest BCUT2D eigenvalue weighted by atomic mass is 10.2. The molecule has 2 atom stereocenters. The van der Waals surface area contributed by atoms with Gasteiger partial charge in [-0.05, 0) is 31.0 Å². The van der Waals surface area contributed by atoms with Crippen LogP contribution in [-0.4, -0.2) is 31.8 Å². The minimum absolute atomic E-state index is 0.0183. The van der Waals surface area contributed by atoms with Gasteiger partial charge in [0.15, 0.2) is 0 Å². The molecule has 1 aromatic carbocycles. The molecule has 0 aliphatic carbocycles. The van der Waals surface area contributed by atoms with Crippen molar-refractivity contribution in [1.82, 2.24) is 0 Å². The number of carbonyl (C=O) groups is 1. The Kier molecular flexibility index (Phi) is 4.63. The number of carbonyl (C=O) groups excluding carboxylic acids is 1. The Labute approximate surface area is 117 Å². The van der Waals surface area contributed by atoms with E-state index < -0.39 is 6.10 Å². The average Bonchev–Trinajstić information content (AvgIpc) is 2.88. The van der Waals surface area contributed by atoms with E-state index >= 15 is 0 Å². The summed E-state index contributed by atoms with van der Waals surface area (Å²) >= 11 is 5.99. The van der Waals surface area contributed by atoms with Gasteiger partial charge in [-0.25, -0.2) is 0 Å². The Balaban J connectivity index is 1.97. The largest absolute Gasteiger partial charge is 0.495 e. The second-order valence-corrected chi connectivity index (χ2v) is 4.81. The van der Waals surface area contributed by atoms with Gasteiger partial charge in [-0.3, -0.25) is 4.79 Å². The third-order valence-electron chi connectivity index (χ3n) is 3.08. The number of ether oxygens (including phenoxy) is 2. The average molecular weight is 285 g/mol. The highest BCUT2D eigenvalue weighted by atomic mass is 35.5. The first-order valence-corrected chi connectivity index (χ1v) is 6.51. The minimum atomic E-state index is -0.436. The molecule has 0 bridgehead atoms. The Morgan fingerprint density at radius 3 is 2.95 bits per heavy atom. The number of amides is 1. The van der Waals surface area contributed by atoms with Gasteiger partial charge in [-0.1, -0.05) is 11.6 Å². The van der Waals surface area contributed by atoms with E-state index in [1.54, 1.807) is 25.3 Å². The molecule has 2 rings (SSSR count).